The fourth-order valence-corrected chi connectivity index (χ4v) is 1.14. The lowest BCUT2D eigenvalue weighted by atomic mass is 10.2. The van der Waals surface area contributed by atoms with Crippen LogP contribution in [-0.4, -0.2) is 27.0 Å². The molecule has 6 nitrogen and oxygen atoms in total. The number of aliphatic hydroxyl groups is 1. The number of nitrogens with one attached hydrogen (secondary N) is 1. The fourth-order valence-electron chi connectivity index (χ4n) is 1.14. The molecule has 17 heavy (non-hydrogen) atoms. The molecule has 1 aromatic heterocycles. The van der Waals surface area contributed by atoms with Crippen LogP contribution in [0.25, 0.3) is 0 Å². The first-order valence-electron chi connectivity index (χ1n) is 5.26. The number of amides is 1. The molecule has 0 fully saturated rings. The fraction of sp³-hybridized carbons (Fsp3) is 0.545. The second kappa shape index (κ2) is 5.09. The van der Waals surface area contributed by atoms with Crippen LogP contribution < -0.4 is 5.32 Å². The van der Waals surface area contributed by atoms with E-state index in [0.29, 0.717) is 11.5 Å². The average Bonchev–Trinajstić information content (AvgIpc) is 2.14. The number of nitrogens with zero attached hydrogens (tertiary/aromatic N) is 2. The van der Waals surface area contributed by atoms with E-state index < -0.39 is 11.7 Å². The van der Waals surface area contributed by atoms with Gasteiger partial charge in [-0.05, 0) is 39.3 Å². The normalized spacial score (nSPS) is 11.1. The molecule has 0 saturated heterocycles. The first-order chi connectivity index (χ1) is 7.81. The Morgan fingerprint density at radius 1 is 1.47 bits per heavy atom. The molecule has 2 N–H and O–H groups in total. The molecule has 1 aromatic rings. The van der Waals surface area contributed by atoms with E-state index in [1.807, 2.05) is 0 Å². The molecule has 0 aliphatic rings. The van der Waals surface area contributed by atoms with E-state index in [0.717, 1.165) is 5.56 Å². The van der Waals surface area contributed by atoms with Crippen LogP contribution in [0.4, 0.5) is 10.6 Å². The Labute approximate surface area is 100 Å². The van der Waals surface area contributed by atoms with Gasteiger partial charge in [-0.3, -0.25) is 5.32 Å². The van der Waals surface area contributed by atoms with Crippen molar-refractivity contribution in [1.82, 2.24) is 10.2 Å². The summed E-state index contributed by atoms with van der Waals surface area (Å²) in [5.74, 6) is 0.300. The Kier molecular flexibility index (Phi) is 4.01. The second-order valence-electron chi connectivity index (χ2n) is 4.64. The van der Waals surface area contributed by atoms with Gasteiger partial charge in [0, 0.05) is 0 Å². The number of anilines is 1. The predicted molar refractivity (Wildman–Crippen MR) is 62.5 cm³/mol. The van der Waals surface area contributed by atoms with Crippen molar-refractivity contribution in [1.29, 1.82) is 0 Å². The molecule has 0 atom stereocenters. The van der Waals surface area contributed by atoms with Crippen LogP contribution in [0.3, 0.4) is 0 Å². The van der Waals surface area contributed by atoms with E-state index in [4.69, 9.17) is 9.84 Å². The van der Waals surface area contributed by atoms with Gasteiger partial charge in [0.25, 0.3) is 0 Å². The van der Waals surface area contributed by atoms with Crippen molar-refractivity contribution < 1.29 is 14.6 Å². The Morgan fingerprint density at radius 2 is 2.12 bits per heavy atom. The second-order valence-corrected chi connectivity index (χ2v) is 4.64. The summed E-state index contributed by atoms with van der Waals surface area (Å²) < 4.78 is 5.07. The predicted octanol–water partition coefficient (Wildman–Crippen LogP) is 1.62. The minimum atomic E-state index is -0.581. The third kappa shape index (κ3) is 4.36. The maximum absolute atomic E-state index is 11.4. The molecule has 0 radical (unpaired) electrons. The van der Waals surface area contributed by atoms with Crippen LogP contribution in [-0.2, 0) is 11.3 Å². The molecular formula is C11H17N3O3. The monoisotopic (exact) mass is 239 g/mol. The molecule has 1 rings (SSSR count). The Morgan fingerprint density at radius 3 is 2.59 bits per heavy atom. The number of aromatic nitrogens is 2. The quantitative estimate of drug-likeness (QED) is 0.819. The van der Waals surface area contributed by atoms with Crippen LogP contribution >= 0.6 is 0 Å². The standard InChI is InChI=1S/C11H17N3O3/c1-7-5-9(14-13-8(7)6-15)12-10(16)17-11(2,3)4/h5,15H,6H2,1-4H3,(H,12,14,16). The zero-order valence-electron chi connectivity index (χ0n) is 10.4. The van der Waals surface area contributed by atoms with E-state index in [-0.39, 0.29) is 6.61 Å². The highest BCUT2D eigenvalue weighted by molar-refractivity contribution is 5.83. The molecule has 0 bridgehead atoms. The van der Waals surface area contributed by atoms with E-state index >= 15 is 0 Å². The topological polar surface area (TPSA) is 84.3 Å². The number of aryl methyl sites for hydroxylation is 1. The van der Waals surface area contributed by atoms with Crippen LogP contribution in [0, 0.1) is 6.92 Å². The number of hydrogen-bond acceptors (Lipinski definition) is 5. The first kappa shape index (κ1) is 13.4. The summed E-state index contributed by atoms with van der Waals surface area (Å²) in [6, 6.07) is 1.63. The molecule has 6 heteroatoms. The number of carbonyl (C=O) groups is 1. The summed E-state index contributed by atoms with van der Waals surface area (Å²) in [6.45, 7) is 6.93. The minimum Gasteiger partial charge on any atom is -0.444 e. The Balaban J connectivity index is 2.69. The van der Waals surface area contributed by atoms with Crippen molar-refractivity contribution in [3.63, 3.8) is 0 Å². The molecule has 0 aliphatic heterocycles. The molecule has 0 aliphatic carbocycles. The highest BCUT2D eigenvalue weighted by atomic mass is 16.6. The van der Waals surface area contributed by atoms with Crippen molar-refractivity contribution in [2.45, 2.75) is 39.9 Å². The van der Waals surface area contributed by atoms with Gasteiger partial charge in [0.15, 0.2) is 5.82 Å². The molecule has 0 saturated carbocycles. The third-order valence-electron chi connectivity index (χ3n) is 1.87. The van der Waals surface area contributed by atoms with Gasteiger partial charge in [0.2, 0.25) is 0 Å². The van der Waals surface area contributed by atoms with Crippen molar-refractivity contribution in [3.05, 3.63) is 17.3 Å². The van der Waals surface area contributed by atoms with E-state index in [1.165, 1.54) is 0 Å². The highest BCUT2D eigenvalue weighted by Crippen LogP contribution is 2.12. The molecule has 1 heterocycles. The summed E-state index contributed by atoms with van der Waals surface area (Å²) in [7, 11) is 0. The molecule has 0 unspecified atom stereocenters. The largest absolute Gasteiger partial charge is 0.444 e. The van der Waals surface area contributed by atoms with Gasteiger partial charge >= 0.3 is 6.09 Å². The molecule has 0 spiro atoms. The van der Waals surface area contributed by atoms with Crippen LogP contribution in [0.2, 0.25) is 0 Å². The van der Waals surface area contributed by atoms with Crippen molar-refractivity contribution >= 4 is 11.9 Å². The molecule has 94 valence electrons. The van der Waals surface area contributed by atoms with Gasteiger partial charge in [-0.15, -0.1) is 5.10 Å². The van der Waals surface area contributed by atoms with Gasteiger partial charge < -0.3 is 9.84 Å². The number of aliphatic hydroxyl groups excluding tert-OH is 1. The highest BCUT2D eigenvalue weighted by Gasteiger charge is 2.16. The average molecular weight is 239 g/mol. The Hall–Kier alpha value is -1.69. The van der Waals surface area contributed by atoms with Gasteiger partial charge in [0.05, 0.1) is 12.3 Å². The van der Waals surface area contributed by atoms with Crippen LogP contribution in [0.5, 0.6) is 0 Å². The lowest BCUT2D eigenvalue weighted by Gasteiger charge is -2.19. The summed E-state index contributed by atoms with van der Waals surface area (Å²) in [5, 5.41) is 18.9. The Bertz CT molecular complexity index is 413. The van der Waals surface area contributed by atoms with E-state index in [2.05, 4.69) is 15.5 Å². The van der Waals surface area contributed by atoms with Crippen molar-refractivity contribution in [3.8, 4) is 0 Å². The number of ether oxygens (including phenoxy) is 1. The van der Waals surface area contributed by atoms with Crippen LogP contribution in [0.1, 0.15) is 32.0 Å². The first-order valence-corrected chi connectivity index (χ1v) is 5.26. The minimum absolute atomic E-state index is 0.175. The van der Waals surface area contributed by atoms with Gasteiger partial charge in [-0.1, -0.05) is 0 Å². The van der Waals surface area contributed by atoms with Gasteiger partial charge in [-0.2, -0.15) is 5.10 Å². The maximum atomic E-state index is 11.4. The van der Waals surface area contributed by atoms with Crippen molar-refractivity contribution in [2.75, 3.05) is 5.32 Å². The van der Waals surface area contributed by atoms with Crippen molar-refractivity contribution in [2.24, 2.45) is 0 Å². The molecule has 1 amide bonds. The number of carbonyl (C=O) groups excluding carboxylic acids is 1. The lowest BCUT2D eigenvalue weighted by Crippen LogP contribution is -2.27. The van der Waals surface area contributed by atoms with Gasteiger partial charge in [-0.25, -0.2) is 4.79 Å². The summed E-state index contributed by atoms with van der Waals surface area (Å²) in [5.41, 5.74) is 0.686. The SMILES string of the molecule is Cc1cc(NC(=O)OC(C)(C)C)nnc1CO. The number of hydrogen-bond donors (Lipinski definition) is 2. The zero-order chi connectivity index (χ0) is 13.1. The summed E-state index contributed by atoms with van der Waals surface area (Å²) in [4.78, 5) is 11.4. The maximum Gasteiger partial charge on any atom is 0.413 e. The summed E-state index contributed by atoms with van der Waals surface area (Å²) in [6.07, 6.45) is -0.581. The van der Waals surface area contributed by atoms with Crippen LogP contribution in [0.15, 0.2) is 6.07 Å². The smallest absolute Gasteiger partial charge is 0.413 e. The lowest BCUT2D eigenvalue weighted by molar-refractivity contribution is 0.0635. The van der Waals surface area contributed by atoms with Gasteiger partial charge in [0.1, 0.15) is 5.60 Å². The molecule has 0 aromatic carbocycles. The molecular weight excluding hydrogens is 222 g/mol. The van der Waals surface area contributed by atoms with E-state index in [9.17, 15) is 4.79 Å². The zero-order valence-corrected chi connectivity index (χ0v) is 10.4. The van der Waals surface area contributed by atoms with E-state index in [1.54, 1.807) is 33.8 Å². The summed E-state index contributed by atoms with van der Waals surface area (Å²) >= 11 is 0. The third-order valence-corrected chi connectivity index (χ3v) is 1.87. The number of rotatable bonds is 2.